The number of hydrogen-bond donors (Lipinski definition) is 2. The summed E-state index contributed by atoms with van der Waals surface area (Å²) < 4.78 is 18.7. The van der Waals surface area contributed by atoms with Gasteiger partial charge in [0.25, 0.3) is 0 Å². The van der Waals surface area contributed by atoms with E-state index in [-0.39, 0.29) is 22.9 Å². The molecule has 1 aliphatic rings. The number of H-pyrrole nitrogens is 1. The summed E-state index contributed by atoms with van der Waals surface area (Å²) in [6, 6.07) is 1.67. The van der Waals surface area contributed by atoms with Crippen molar-refractivity contribution in [1.82, 2.24) is 10.2 Å². The molecule has 5 nitrogen and oxygen atoms in total. The van der Waals surface area contributed by atoms with Crippen LogP contribution in [0.1, 0.15) is 17.4 Å². The number of alkyl halides is 1. The maximum Gasteiger partial charge on any atom is 0.246 e. The van der Waals surface area contributed by atoms with Gasteiger partial charge in [-0.05, 0) is 6.92 Å². The van der Waals surface area contributed by atoms with E-state index < -0.39 is 6.17 Å². The van der Waals surface area contributed by atoms with E-state index in [0.717, 1.165) is 0 Å². The fraction of sp³-hybridized carbons (Fsp3) is 0.250. The van der Waals surface area contributed by atoms with Gasteiger partial charge in [0.05, 0.1) is 5.56 Å². The van der Waals surface area contributed by atoms with Gasteiger partial charge in [-0.15, -0.1) is 5.10 Å². The molecule has 0 saturated heterocycles. The molecule has 0 radical (unpaired) electrons. The van der Waals surface area contributed by atoms with E-state index in [1.807, 2.05) is 0 Å². The minimum atomic E-state index is -1.55. The number of nitrogens with one attached hydrogen (secondary N) is 1. The molecule has 0 bridgehead atoms. The summed E-state index contributed by atoms with van der Waals surface area (Å²) >= 11 is 0. The normalized spacial score (nSPS) is 19.9. The Morgan fingerprint density at radius 1 is 1.71 bits per heavy atom. The first kappa shape index (κ1) is 8.56. The SMILES string of the molecule is Cc1[nH]nc2c1C(F)C(C#N)=C(N)O2. The molecule has 1 atom stereocenters. The molecular formula is C8H7FN4O. The number of allylic oxidation sites excluding steroid dienone is 1. The van der Waals surface area contributed by atoms with Crippen LogP contribution in [-0.4, -0.2) is 10.2 Å². The predicted molar refractivity (Wildman–Crippen MR) is 44.6 cm³/mol. The maximum absolute atomic E-state index is 13.7. The first-order chi connectivity index (χ1) is 6.65. The molecule has 1 unspecified atom stereocenters. The van der Waals surface area contributed by atoms with Gasteiger partial charge in [0.2, 0.25) is 11.8 Å². The van der Waals surface area contributed by atoms with E-state index >= 15 is 0 Å². The number of aromatic nitrogens is 2. The molecule has 2 heterocycles. The van der Waals surface area contributed by atoms with Crippen molar-refractivity contribution in [3.63, 3.8) is 0 Å². The van der Waals surface area contributed by atoms with Crippen molar-refractivity contribution in [1.29, 1.82) is 5.26 Å². The second-order valence-electron chi connectivity index (χ2n) is 2.92. The molecule has 14 heavy (non-hydrogen) atoms. The quantitative estimate of drug-likeness (QED) is 0.639. The van der Waals surface area contributed by atoms with Crippen LogP contribution in [-0.2, 0) is 0 Å². The van der Waals surface area contributed by atoms with E-state index in [4.69, 9.17) is 15.7 Å². The standard InChI is InChI=1S/C8H7FN4O/c1-3-5-6(9)4(2-10)7(11)14-8(5)13-12-3/h6H,11H2,1H3,(H,12,13). The van der Waals surface area contributed by atoms with Crippen molar-refractivity contribution >= 4 is 0 Å². The number of rotatable bonds is 0. The molecule has 1 aromatic heterocycles. The Bertz CT molecular complexity index is 456. The van der Waals surface area contributed by atoms with Crippen LogP contribution in [0.4, 0.5) is 4.39 Å². The number of nitrogens with zero attached hydrogens (tertiary/aromatic N) is 2. The Labute approximate surface area is 79.0 Å². The average Bonchev–Trinajstić information content (AvgIpc) is 2.48. The molecule has 3 N–H and O–H groups in total. The summed E-state index contributed by atoms with van der Waals surface area (Å²) in [6.45, 7) is 1.65. The molecule has 0 fully saturated rings. The number of aromatic amines is 1. The van der Waals surface area contributed by atoms with Crippen LogP contribution >= 0.6 is 0 Å². The monoisotopic (exact) mass is 194 g/mol. The second kappa shape index (κ2) is 2.73. The zero-order valence-corrected chi connectivity index (χ0v) is 7.34. The summed E-state index contributed by atoms with van der Waals surface area (Å²) in [4.78, 5) is 0. The molecule has 2 rings (SSSR count). The Hall–Kier alpha value is -2.03. The van der Waals surface area contributed by atoms with Crippen LogP contribution in [0, 0.1) is 18.3 Å². The minimum Gasteiger partial charge on any atom is -0.420 e. The lowest BCUT2D eigenvalue weighted by atomic mass is 10.0. The summed E-state index contributed by atoms with van der Waals surface area (Å²) in [6.07, 6.45) is -1.55. The van der Waals surface area contributed by atoms with Crippen molar-refractivity contribution in [2.75, 3.05) is 0 Å². The molecule has 0 amide bonds. The second-order valence-corrected chi connectivity index (χ2v) is 2.92. The van der Waals surface area contributed by atoms with Gasteiger partial charge >= 0.3 is 0 Å². The molecule has 0 spiro atoms. The van der Waals surface area contributed by atoms with Crippen LogP contribution in [0.15, 0.2) is 11.5 Å². The molecule has 6 heteroatoms. The zero-order chi connectivity index (χ0) is 10.3. The van der Waals surface area contributed by atoms with Crippen LogP contribution in [0.25, 0.3) is 0 Å². The minimum absolute atomic E-state index is 0.103. The van der Waals surface area contributed by atoms with E-state index in [1.165, 1.54) is 0 Å². The summed E-state index contributed by atoms with van der Waals surface area (Å²) in [5.41, 5.74) is 5.92. The molecule has 1 aromatic rings. The van der Waals surface area contributed by atoms with E-state index in [2.05, 4.69) is 10.2 Å². The first-order valence-corrected chi connectivity index (χ1v) is 3.91. The van der Waals surface area contributed by atoms with Gasteiger partial charge in [-0.3, -0.25) is 5.10 Å². The number of nitrogens with two attached hydrogens (primary N) is 1. The third kappa shape index (κ3) is 0.956. The number of ether oxygens (including phenoxy) is 1. The smallest absolute Gasteiger partial charge is 0.246 e. The van der Waals surface area contributed by atoms with Crippen LogP contribution in [0.2, 0.25) is 0 Å². The third-order valence-electron chi connectivity index (χ3n) is 2.06. The highest BCUT2D eigenvalue weighted by molar-refractivity contribution is 5.46. The number of halogens is 1. The average molecular weight is 194 g/mol. The lowest BCUT2D eigenvalue weighted by Crippen LogP contribution is -2.18. The zero-order valence-electron chi connectivity index (χ0n) is 7.34. The Balaban J connectivity index is 2.57. The lowest BCUT2D eigenvalue weighted by molar-refractivity contribution is 0.314. The summed E-state index contributed by atoms with van der Waals surface area (Å²) in [5, 5.41) is 14.9. The van der Waals surface area contributed by atoms with Gasteiger partial charge in [0, 0.05) is 5.69 Å². The van der Waals surface area contributed by atoms with Crippen molar-refractivity contribution in [3.8, 4) is 11.9 Å². The van der Waals surface area contributed by atoms with Gasteiger partial charge in [-0.25, -0.2) is 4.39 Å². The summed E-state index contributed by atoms with van der Waals surface area (Å²) in [7, 11) is 0. The van der Waals surface area contributed by atoms with Crippen molar-refractivity contribution in [3.05, 3.63) is 22.7 Å². The van der Waals surface area contributed by atoms with Gasteiger partial charge in [0.1, 0.15) is 11.6 Å². The Kier molecular flexibility index (Phi) is 1.67. The molecule has 0 saturated carbocycles. The number of aryl methyl sites for hydroxylation is 1. The van der Waals surface area contributed by atoms with Gasteiger partial charge in [-0.2, -0.15) is 5.26 Å². The lowest BCUT2D eigenvalue weighted by Gasteiger charge is -2.16. The topological polar surface area (TPSA) is 87.7 Å². The van der Waals surface area contributed by atoms with E-state index in [9.17, 15) is 4.39 Å². The number of fused-ring (bicyclic) bond motifs is 1. The summed E-state index contributed by atoms with van der Waals surface area (Å²) in [5.74, 6) is -0.120. The Morgan fingerprint density at radius 3 is 3.07 bits per heavy atom. The van der Waals surface area contributed by atoms with Crippen LogP contribution < -0.4 is 10.5 Å². The van der Waals surface area contributed by atoms with Crippen molar-refractivity contribution in [2.24, 2.45) is 5.73 Å². The van der Waals surface area contributed by atoms with E-state index in [0.29, 0.717) is 5.69 Å². The highest BCUT2D eigenvalue weighted by Gasteiger charge is 2.32. The van der Waals surface area contributed by atoms with Crippen molar-refractivity contribution < 1.29 is 9.13 Å². The first-order valence-electron chi connectivity index (χ1n) is 3.91. The third-order valence-corrected chi connectivity index (χ3v) is 2.06. The molecule has 0 aliphatic carbocycles. The predicted octanol–water partition coefficient (Wildman–Crippen LogP) is 0.815. The van der Waals surface area contributed by atoms with Crippen molar-refractivity contribution in [2.45, 2.75) is 13.1 Å². The largest absolute Gasteiger partial charge is 0.420 e. The molecular weight excluding hydrogens is 187 g/mol. The van der Waals surface area contributed by atoms with Gasteiger partial charge < -0.3 is 10.5 Å². The fourth-order valence-electron chi connectivity index (χ4n) is 1.33. The number of hydrogen-bond acceptors (Lipinski definition) is 4. The highest BCUT2D eigenvalue weighted by atomic mass is 19.1. The van der Waals surface area contributed by atoms with Crippen LogP contribution in [0.3, 0.4) is 0 Å². The maximum atomic E-state index is 13.7. The number of nitriles is 1. The molecule has 72 valence electrons. The van der Waals surface area contributed by atoms with Gasteiger partial charge in [-0.1, -0.05) is 0 Å². The Morgan fingerprint density at radius 2 is 2.43 bits per heavy atom. The molecule has 1 aliphatic heterocycles. The molecule has 0 aromatic carbocycles. The van der Waals surface area contributed by atoms with Gasteiger partial charge in [0.15, 0.2) is 6.17 Å². The van der Waals surface area contributed by atoms with Crippen LogP contribution in [0.5, 0.6) is 5.88 Å². The highest BCUT2D eigenvalue weighted by Crippen LogP contribution is 2.38. The fourth-order valence-corrected chi connectivity index (χ4v) is 1.33. The van der Waals surface area contributed by atoms with E-state index in [1.54, 1.807) is 13.0 Å².